The maximum Gasteiger partial charge on any atom is 0.244 e. The van der Waals surface area contributed by atoms with Crippen molar-refractivity contribution in [3.63, 3.8) is 0 Å². The summed E-state index contributed by atoms with van der Waals surface area (Å²) in [5.41, 5.74) is 3.30. The van der Waals surface area contributed by atoms with E-state index < -0.39 is 10.0 Å². The van der Waals surface area contributed by atoms with E-state index in [1.165, 1.54) is 3.97 Å². The zero-order chi connectivity index (χ0) is 28.6. The zero-order valence-corrected chi connectivity index (χ0v) is 24.0. The molecule has 41 heavy (non-hydrogen) atoms. The van der Waals surface area contributed by atoms with Crippen LogP contribution in [0.25, 0.3) is 33.2 Å². The second-order valence-electron chi connectivity index (χ2n) is 10.5. The van der Waals surface area contributed by atoms with Gasteiger partial charge >= 0.3 is 0 Å². The van der Waals surface area contributed by atoms with Gasteiger partial charge in [0.2, 0.25) is 10.0 Å². The van der Waals surface area contributed by atoms with Crippen molar-refractivity contribution in [3.8, 4) is 22.8 Å². The number of nitrogens with zero attached hydrogens (tertiary/aromatic N) is 4. The molecule has 2 aromatic carbocycles. The molecule has 0 amide bonds. The van der Waals surface area contributed by atoms with Gasteiger partial charge in [0.1, 0.15) is 6.61 Å². The largest absolute Gasteiger partial charge is 0.493 e. The van der Waals surface area contributed by atoms with E-state index in [1.807, 2.05) is 78.5 Å². The first-order valence-corrected chi connectivity index (χ1v) is 15.4. The predicted molar refractivity (Wildman–Crippen MR) is 160 cm³/mol. The summed E-state index contributed by atoms with van der Waals surface area (Å²) in [6.07, 6.45) is 4.92. The highest BCUT2D eigenvalue weighted by atomic mass is 32.2. The number of rotatable bonds is 9. The lowest BCUT2D eigenvalue weighted by molar-refractivity contribution is 0.0753. The van der Waals surface area contributed by atoms with Crippen LogP contribution in [0.15, 0.2) is 73.1 Å². The second-order valence-corrected chi connectivity index (χ2v) is 12.4. The van der Waals surface area contributed by atoms with E-state index in [-0.39, 0.29) is 11.9 Å². The molecule has 0 spiro atoms. The van der Waals surface area contributed by atoms with Gasteiger partial charge in [0.25, 0.3) is 0 Å². The number of ether oxygens (including phenoxy) is 2. The molecule has 214 valence electrons. The molecular formula is C31H34N4O5S. The highest BCUT2D eigenvalue weighted by Gasteiger charge is 2.26. The van der Waals surface area contributed by atoms with Gasteiger partial charge in [0.15, 0.2) is 17.1 Å². The number of pyridine rings is 1. The van der Waals surface area contributed by atoms with Gasteiger partial charge in [-0.3, -0.25) is 4.90 Å². The Kier molecular flexibility index (Phi) is 7.46. The molecule has 6 rings (SSSR count). The molecule has 0 saturated carbocycles. The number of methoxy groups -OCH3 is 1. The van der Waals surface area contributed by atoms with Crippen LogP contribution in [-0.4, -0.2) is 71.4 Å². The number of fused-ring (bicyclic) bond motifs is 2. The third-order valence-electron chi connectivity index (χ3n) is 7.76. The van der Waals surface area contributed by atoms with Gasteiger partial charge in [0, 0.05) is 61.5 Å². The van der Waals surface area contributed by atoms with Gasteiger partial charge in [-0.15, -0.1) is 0 Å². The minimum atomic E-state index is -3.82. The van der Waals surface area contributed by atoms with Crippen molar-refractivity contribution >= 4 is 32.0 Å². The number of aromatic nitrogens is 3. The fourth-order valence-electron chi connectivity index (χ4n) is 5.62. The highest BCUT2D eigenvalue weighted by molar-refractivity contribution is 7.89. The quantitative estimate of drug-likeness (QED) is 0.278. The summed E-state index contributed by atoms with van der Waals surface area (Å²) in [5.74, 6) is 1.05. The first-order chi connectivity index (χ1) is 19.8. The van der Waals surface area contributed by atoms with Crippen LogP contribution >= 0.6 is 0 Å². The van der Waals surface area contributed by atoms with Crippen LogP contribution in [0.5, 0.6) is 11.5 Å². The second kappa shape index (κ2) is 11.2. The normalized spacial score (nSPS) is 15.1. The van der Waals surface area contributed by atoms with Gasteiger partial charge < -0.3 is 19.1 Å². The van der Waals surface area contributed by atoms with Crippen molar-refractivity contribution in [2.45, 2.75) is 24.7 Å². The summed E-state index contributed by atoms with van der Waals surface area (Å²) in [5, 5.41) is 11.4. The molecule has 0 radical (unpaired) electrons. The van der Waals surface area contributed by atoms with Crippen LogP contribution in [0.4, 0.5) is 0 Å². The highest BCUT2D eigenvalue weighted by Crippen LogP contribution is 2.40. The van der Waals surface area contributed by atoms with Crippen LogP contribution in [0.1, 0.15) is 18.4 Å². The van der Waals surface area contributed by atoms with E-state index >= 15 is 0 Å². The molecule has 10 heteroatoms. The van der Waals surface area contributed by atoms with E-state index in [1.54, 1.807) is 13.3 Å². The number of hydrogen-bond acceptors (Lipinski definition) is 7. The van der Waals surface area contributed by atoms with E-state index in [4.69, 9.17) is 9.47 Å². The lowest BCUT2D eigenvalue weighted by Crippen LogP contribution is -2.38. The van der Waals surface area contributed by atoms with Crippen molar-refractivity contribution in [2.24, 2.45) is 7.05 Å². The molecule has 1 aliphatic heterocycles. The lowest BCUT2D eigenvalue weighted by Gasteiger charge is -2.29. The standard InChI is InChI=1S/C31H34N4O5S/c1-33-20-26(25-18-29(39-2)30(19-27(25)33)40-16-15-34-13-10-24(36)11-14-34)28-17-23-9-6-12-32-31(23)35(28)41(37,38)21-22-7-4-3-5-8-22/h3-9,12,17-20,24,36H,10-11,13-16,21H2,1-2H3. The molecule has 1 N–H and O–H groups in total. The first kappa shape index (κ1) is 27.3. The molecule has 1 fully saturated rings. The van der Waals surface area contributed by atoms with Gasteiger partial charge in [-0.1, -0.05) is 30.3 Å². The van der Waals surface area contributed by atoms with E-state index in [0.29, 0.717) is 35.0 Å². The van der Waals surface area contributed by atoms with Crippen LogP contribution in [0, 0.1) is 0 Å². The fraction of sp³-hybridized carbons (Fsp3) is 0.323. The summed E-state index contributed by atoms with van der Waals surface area (Å²) >= 11 is 0. The van der Waals surface area contributed by atoms with Gasteiger partial charge in [-0.05, 0) is 42.7 Å². The number of aryl methyl sites for hydroxylation is 1. The van der Waals surface area contributed by atoms with Crippen molar-refractivity contribution in [1.29, 1.82) is 0 Å². The van der Waals surface area contributed by atoms with Gasteiger partial charge in [0.05, 0.1) is 30.2 Å². The Labute approximate surface area is 239 Å². The topological polar surface area (TPSA) is 98.8 Å². The Morgan fingerprint density at radius 3 is 2.56 bits per heavy atom. The van der Waals surface area contributed by atoms with Crippen LogP contribution in [0.3, 0.4) is 0 Å². The van der Waals surface area contributed by atoms with Crippen LogP contribution in [-0.2, 0) is 22.8 Å². The molecule has 0 unspecified atom stereocenters. The smallest absolute Gasteiger partial charge is 0.244 e. The number of aliphatic hydroxyl groups is 1. The molecule has 4 heterocycles. The molecular weight excluding hydrogens is 540 g/mol. The number of aliphatic hydroxyl groups excluding tert-OH is 1. The van der Waals surface area contributed by atoms with Crippen molar-refractivity contribution in [2.75, 3.05) is 33.4 Å². The van der Waals surface area contributed by atoms with Crippen LogP contribution < -0.4 is 9.47 Å². The van der Waals surface area contributed by atoms with Gasteiger partial charge in [-0.2, -0.15) is 0 Å². The number of benzene rings is 2. The van der Waals surface area contributed by atoms with E-state index in [0.717, 1.165) is 54.3 Å². The summed E-state index contributed by atoms with van der Waals surface area (Å²) in [6, 6.07) is 18.6. The molecule has 9 nitrogen and oxygen atoms in total. The molecule has 5 aromatic rings. The fourth-order valence-corrected chi connectivity index (χ4v) is 7.23. The van der Waals surface area contributed by atoms with E-state index in [9.17, 15) is 13.5 Å². The average molecular weight is 575 g/mol. The number of hydrogen-bond donors (Lipinski definition) is 1. The van der Waals surface area contributed by atoms with Crippen molar-refractivity contribution in [3.05, 3.63) is 78.6 Å². The number of likely N-dealkylation sites (tertiary alicyclic amines) is 1. The Morgan fingerprint density at radius 1 is 1.02 bits per heavy atom. The predicted octanol–water partition coefficient (Wildman–Crippen LogP) is 4.42. The summed E-state index contributed by atoms with van der Waals surface area (Å²) in [4.78, 5) is 6.75. The minimum Gasteiger partial charge on any atom is -0.493 e. The monoisotopic (exact) mass is 574 g/mol. The van der Waals surface area contributed by atoms with Gasteiger partial charge in [-0.25, -0.2) is 17.4 Å². The Hall–Kier alpha value is -3.86. The zero-order valence-electron chi connectivity index (χ0n) is 23.2. The van der Waals surface area contributed by atoms with Crippen molar-refractivity contribution < 1.29 is 23.0 Å². The molecule has 0 atom stereocenters. The van der Waals surface area contributed by atoms with Crippen molar-refractivity contribution in [1.82, 2.24) is 18.4 Å². The van der Waals surface area contributed by atoms with Crippen LogP contribution in [0.2, 0.25) is 0 Å². The van der Waals surface area contributed by atoms with E-state index in [2.05, 4.69) is 9.88 Å². The Morgan fingerprint density at radius 2 is 1.80 bits per heavy atom. The molecule has 0 bridgehead atoms. The maximum atomic E-state index is 13.9. The SMILES string of the molecule is COc1cc2c(-c3cc4cccnc4n3S(=O)(=O)Cc3ccccc3)cn(C)c2cc1OCCN1CCC(O)CC1. The lowest BCUT2D eigenvalue weighted by atomic mass is 10.1. The minimum absolute atomic E-state index is 0.150. The molecule has 1 saturated heterocycles. The summed E-state index contributed by atoms with van der Waals surface area (Å²) in [6.45, 7) is 2.97. The summed E-state index contributed by atoms with van der Waals surface area (Å²) < 4.78 is 43.1. The molecule has 0 aliphatic carbocycles. The third-order valence-corrected chi connectivity index (χ3v) is 9.39. The third kappa shape index (κ3) is 5.42. The molecule has 3 aromatic heterocycles. The Bertz CT molecular complexity index is 1790. The average Bonchev–Trinajstić information content (AvgIpc) is 3.52. The maximum absolute atomic E-state index is 13.9. The number of piperidine rings is 1. The Balaban J connectivity index is 1.38. The summed E-state index contributed by atoms with van der Waals surface area (Å²) in [7, 11) is -0.276. The first-order valence-electron chi connectivity index (χ1n) is 13.8. The molecule has 1 aliphatic rings.